The summed E-state index contributed by atoms with van der Waals surface area (Å²) >= 11 is 6.04. The molecule has 1 heterocycles. The van der Waals surface area contributed by atoms with Crippen LogP contribution < -0.4 is 25.0 Å². The molecule has 0 radical (unpaired) electrons. The van der Waals surface area contributed by atoms with E-state index in [1.165, 1.54) is 31.2 Å². The summed E-state index contributed by atoms with van der Waals surface area (Å²) in [6.07, 6.45) is 0.0664. The van der Waals surface area contributed by atoms with Crippen molar-refractivity contribution in [1.29, 1.82) is 0 Å². The number of carbonyl (C=O) groups excluding carboxylic acids is 3. The summed E-state index contributed by atoms with van der Waals surface area (Å²) in [7, 11) is 4.55. The van der Waals surface area contributed by atoms with E-state index in [1.807, 2.05) is 0 Å². The predicted octanol–water partition coefficient (Wildman–Crippen LogP) is 2.71. The Bertz CT molecular complexity index is 995. The van der Waals surface area contributed by atoms with Crippen LogP contribution in [0.3, 0.4) is 0 Å². The lowest BCUT2D eigenvalue weighted by Gasteiger charge is -2.20. The molecule has 158 valence electrons. The number of benzene rings is 2. The maximum Gasteiger partial charge on any atom is 0.252 e. The smallest absolute Gasteiger partial charge is 0.252 e. The number of amides is 3. The van der Waals surface area contributed by atoms with E-state index in [1.54, 1.807) is 31.4 Å². The second kappa shape index (κ2) is 9.04. The van der Waals surface area contributed by atoms with Crippen molar-refractivity contribution >= 4 is 40.7 Å². The van der Waals surface area contributed by atoms with Crippen LogP contribution in [0.5, 0.6) is 11.5 Å². The number of anilines is 2. The topological polar surface area (TPSA) is 97.0 Å². The number of methoxy groups -OCH3 is 2. The van der Waals surface area contributed by atoms with Crippen LogP contribution in [0.1, 0.15) is 16.8 Å². The molecule has 0 aliphatic carbocycles. The van der Waals surface area contributed by atoms with Crippen molar-refractivity contribution in [2.75, 3.05) is 38.0 Å². The van der Waals surface area contributed by atoms with Crippen LogP contribution in [0, 0.1) is 5.92 Å². The number of halogens is 1. The zero-order valence-electron chi connectivity index (χ0n) is 16.8. The third kappa shape index (κ3) is 4.33. The molecule has 3 rings (SSSR count). The average Bonchev–Trinajstić information content (AvgIpc) is 3.15. The maximum absolute atomic E-state index is 12.8. The highest BCUT2D eigenvalue weighted by Gasteiger charge is 2.36. The van der Waals surface area contributed by atoms with Crippen LogP contribution in [0.2, 0.25) is 5.02 Å². The van der Waals surface area contributed by atoms with E-state index in [0.29, 0.717) is 22.9 Å². The van der Waals surface area contributed by atoms with Gasteiger partial charge in [-0.3, -0.25) is 14.4 Å². The third-order valence-corrected chi connectivity index (χ3v) is 5.21. The van der Waals surface area contributed by atoms with E-state index in [2.05, 4.69) is 10.6 Å². The minimum Gasteiger partial charge on any atom is -0.497 e. The Labute approximate surface area is 179 Å². The molecule has 2 aromatic rings. The van der Waals surface area contributed by atoms with Crippen molar-refractivity contribution in [3.8, 4) is 11.5 Å². The quantitative estimate of drug-likeness (QED) is 0.733. The number of carbonyl (C=O) groups is 3. The Morgan fingerprint density at radius 2 is 1.90 bits per heavy atom. The fourth-order valence-corrected chi connectivity index (χ4v) is 3.48. The Morgan fingerprint density at radius 1 is 1.13 bits per heavy atom. The summed E-state index contributed by atoms with van der Waals surface area (Å²) in [5.74, 6) is -0.319. The fraction of sp³-hybridized carbons (Fsp3) is 0.286. The minimum atomic E-state index is -0.552. The summed E-state index contributed by atoms with van der Waals surface area (Å²) in [6.45, 7) is 0.212. The van der Waals surface area contributed by atoms with Gasteiger partial charge < -0.3 is 25.0 Å². The molecule has 2 aromatic carbocycles. The van der Waals surface area contributed by atoms with Crippen LogP contribution in [0.25, 0.3) is 0 Å². The lowest BCUT2D eigenvalue weighted by molar-refractivity contribution is -0.122. The van der Waals surface area contributed by atoms with E-state index >= 15 is 0 Å². The molecule has 0 spiro atoms. The Balaban J connectivity index is 1.75. The van der Waals surface area contributed by atoms with Crippen LogP contribution in [-0.4, -0.2) is 45.5 Å². The standard InChI is InChI=1S/C21H22ClN3O5/c1-23-21(28)15-9-13(4-6-16(15)22)24-20(27)12-8-19(26)25(11-12)17-7-5-14(29-2)10-18(17)30-3/h4-7,9-10,12H,8,11H2,1-3H3,(H,23,28)(H,24,27). The summed E-state index contributed by atoms with van der Waals surface area (Å²) < 4.78 is 10.6. The van der Waals surface area contributed by atoms with Crippen molar-refractivity contribution in [2.45, 2.75) is 6.42 Å². The van der Waals surface area contributed by atoms with E-state index in [-0.39, 0.29) is 41.3 Å². The van der Waals surface area contributed by atoms with Crippen LogP contribution >= 0.6 is 11.6 Å². The normalized spacial score (nSPS) is 15.7. The van der Waals surface area contributed by atoms with Crippen molar-refractivity contribution in [3.05, 3.63) is 47.0 Å². The zero-order valence-corrected chi connectivity index (χ0v) is 17.6. The molecule has 0 bridgehead atoms. The Kier molecular flexibility index (Phi) is 6.47. The minimum absolute atomic E-state index is 0.0664. The zero-order chi connectivity index (χ0) is 21.8. The summed E-state index contributed by atoms with van der Waals surface area (Å²) in [6, 6.07) is 9.78. The first-order valence-corrected chi connectivity index (χ1v) is 9.60. The number of hydrogen-bond acceptors (Lipinski definition) is 5. The first-order valence-electron chi connectivity index (χ1n) is 9.22. The second-order valence-electron chi connectivity index (χ2n) is 6.71. The van der Waals surface area contributed by atoms with Crippen molar-refractivity contribution in [1.82, 2.24) is 5.32 Å². The number of nitrogens with zero attached hydrogens (tertiary/aromatic N) is 1. The number of hydrogen-bond donors (Lipinski definition) is 2. The summed E-state index contributed by atoms with van der Waals surface area (Å²) in [5.41, 5.74) is 1.26. The Hall–Kier alpha value is -3.26. The van der Waals surface area contributed by atoms with Gasteiger partial charge in [0.15, 0.2) is 0 Å². The largest absolute Gasteiger partial charge is 0.497 e. The van der Waals surface area contributed by atoms with Crippen LogP contribution in [-0.2, 0) is 9.59 Å². The molecule has 3 amide bonds. The van der Waals surface area contributed by atoms with Crippen molar-refractivity contribution in [2.24, 2.45) is 5.92 Å². The number of rotatable bonds is 6. The molecule has 8 nitrogen and oxygen atoms in total. The molecular weight excluding hydrogens is 410 g/mol. The van der Waals surface area contributed by atoms with E-state index < -0.39 is 5.92 Å². The molecule has 9 heteroatoms. The summed E-state index contributed by atoms with van der Waals surface area (Å²) in [4.78, 5) is 38.8. The molecule has 1 atom stereocenters. The fourth-order valence-electron chi connectivity index (χ4n) is 3.28. The Morgan fingerprint density at radius 3 is 2.57 bits per heavy atom. The molecule has 1 aliphatic rings. The summed E-state index contributed by atoms with van der Waals surface area (Å²) in [5, 5.41) is 5.54. The highest BCUT2D eigenvalue weighted by Crippen LogP contribution is 2.36. The van der Waals surface area contributed by atoms with E-state index in [0.717, 1.165) is 0 Å². The predicted molar refractivity (Wildman–Crippen MR) is 113 cm³/mol. The van der Waals surface area contributed by atoms with Gasteiger partial charge in [0, 0.05) is 31.8 Å². The van der Waals surface area contributed by atoms with Gasteiger partial charge in [-0.25, -0.2) is 0 Å². The molecule has 1 unspecified atom stereocenters. The lowest BCUT2D eigenvalue weighted by Crippen LogP contribution is -2.28. The van der Waals surface area contributed by atoms with Gasteiger partial charge in [0.2, 0.25) is 11.8 Å². The first kappa shape index (κ1) is 21.4. The van der Waals surface area contributed by atoms with Gasteiger partial charge in [-0.05, 0) is 30.3 Å². The molecular formula is C21H22ClN3O5. The van der Waals surface area contributed by atoms with Gasteiger partial charge in [0.25, 0.3) is 5.91 Å². The molecule has 1 saturated heterocycles. The second-order valence-corrected chi connectivity index (χ2v) is 7.11. The highest BCUT2D eigenvalue weighted by molar-refractivity contribution is 6.34. The molecule has 2 N–H and O–H groups in total. The lowest BCUT2D eigenvalue weighted by atomic mass is 10.1. The molecule has 0 saturated carbocycles. The molecule has 1 aliphatic heterocycles. The van der Waals surface area contributed by atoms with Gasteiger partial charge in [-0.1, -0.05) is 11.6 Å². The van der Waals surface area contributed by atoms with E-state index in [4.69, 9.17) is 21.1 Å². The molecule has 30 heavy (non-hydrogen) atoms. The number of nitrogens with one attached hydrogen (secondary N) is 2. The van der Waals surface area contributed by atoms with Crippen LogP contribution in [0.4, 0.5) is 11.4 Å². The van der Waals surface area contributed by atoms with Crippen molar-refractivity contribution < 1.29 is 23.9 Å². The van der Waals surface area contributed by atoms with Gasteiger partial charge in [-0.15, -0.1) is 0 Å². The van der Waals surface area contributed by atoms with Gasteiger partial charge in [0.05, 0.1) is 36.4 Å². The average molecular weight is 432 g/mol. The SMILES string of the molecule is CNC(=O)c1cc(NC(=O)C2CC(=O)N(c3ccc(OC)cc3OC)C2)ccc1Cl. The molecule has 0 aromatic heterocycles. The number of ether oxygens (including phenoxy) is 2. The van der Waals surface area contributed by atoms with Gasteiger partial charge in [-0.2, -0.15) is 0 Å². The third-order valence-electron chi connectivity index (χ3n) is 4.88. The first-order chi connectivity index (χ1) is 14.4. The van der Waals surface area contributed by atoms with E-state index in [9.17, 15) is 14.4 Å². The van der Waals surface area contributed by atoms with Gasteiger partial charge >= 0.3 is 0 Å². The maximum atomic E-state index is 12.8. The van der Waals surface area contributed by atoms with Gasteiger partial charge in [0.1, 0.15) is 11.5 Å². The molecule has 1 fully saturated rings. The van der Waals surface area contributed by atoms with Crippen molar-refractivity contribution in [3.63, 3.8) is 0 Å². The van der Waals surface area contributed by atoms with Crippen LogP contribution in [0.15, 0.2) is 36.4 Å². The highest BCUT2D eigenvalue weighted by atomic mass is 35.5. The monoisotopic (exact) mass is 431 g/mol.